The summed E-state index contributed by atoms with van der Waals surface area (Å²) < 4.78 is 10.7. The van der Waals surface area contributed by atoms with E-state index < -0.39 is 5.41 Å². The Balaban J connectivity index is 2.48. The molecule has 24 heavy (non-hydrogen) atoms. The SMILES string of the molecule is COc1ccc(C(C)(CNC(=O)CN)c2ccccc2)cc1OC. The molecule has 3 N–H and O–H groups in total. The number of ether oxygens (including phenoxy) is 2. The molecule has 0 aliphatic rings. The van der Waals surface area contributed by atoms with E-state index in [-0.39, 0.29) is 12.5 Å². The third-order valence-electron chi connectivity index (χ3n) is 4.26. The maximum Gasteiger partial charge on any atom is 0.233 e. The second kappa shape index (κ2) is 7.84. The van der Waals surface area contributed by atoms with Crippen molar-refractivity contribution >= 4 is 5.91 Å². The van der Waals surface area contributed by atoms with E-state index in [1.165, 1.54) is 0 Å². The van der Waals surface area contributed by atoms with Crippen molar-refractivity contribution in [2.45, 2.75) is 12.3 Å². The minimum atomic E-state index is -0.425. The highest BCUT2D eigenvalue weighted by atomic mass is 16.5. The molecule has 1 atom stereocenters. The Hall–Kier alpha value is -2.53. The molecule has 0 saturated heterocycles. The summed E-state index contributed by atoms with van der Waals surface area (Å²) >= 11 is 0. The monoisotopic (exact) mass is 328 g/mol. The van der Waals surface area contributed by atoms with Crippen LogP contribution in [0, 0.1) is 0 Å². The lowest BCUT2D eigenvalue weighted by Crippen LogP contribution is -2.41. The average Bonchev–Trinajstić information content (AvgIpc) is 2.65. The molecule has 0 heterocycles. The van der Waals surface area contributed by atoms with Gasteiger partial charge >= 0.3 is 0 Å². The first kappa shape index (κ1) is 17.8. The van der Waals surface area contributed by atoms with E-state index in [4.69, 9.17) is 15.2 Å². The van der Waals surface area contributed by atoms with Crippen LogP contribution in [-0.2, 0) is 10.2 Å². The van der Waals surface area contributed by atoms with E-state index in [1.807, 2.05) is 48.5 Å². The number of carbonyl (C=O) groups excluding carboxylic acids is 1. The number of rotatable bonds is 7. The number of amides is 1. The summed E-state index contributed by atoms with van der Waals surface area (Å²) in [5.74, 6) is 1.14. The first-order valence-electron chi connectivity index (χ1n) is 7.80. The highest BCUT2D eigenvalue weighted by Gasteiger charge is 2.30. The molecule has 5 heteroatoms. The van der Waals surface area contributed by atoms with Crippen LogP contribution in [0.15, 0.2) is 48.5 Å². The van der Waals surface area contributed by atoms with Crippen LogP contribution in [0.2, 0.25) is 0 Å². The fraction of sp³-hybridized carbons (Fsp3) is 0.316. The van der Waals surface area contributed by atoms with Crippen LogP contribution in [-0.4, -0.2) is 33.2 Å². The van der Waals surface area contributed by atoms with Crippen molar-refractivity contribution in [1.29, 1.82) is 0 Å². The number of methoxy groups -OCH3 is 2. The number of hydrogen-bond donors (Lipinski definition) is 2. The highest BCUT2D eigenvalue weighted by Crippen LogP contribution is 2.37. The second-order valence-electron chi connectivity index (χ2n) is 5.75. The Morgan fingerprint density at radius 3 is 2.29 bits per heavy atom. The summed E-state index contributed by atoms with van der Waals surface area (Å²) in [4.78, 5) is 11.7. The first-order valence-corrected chi connectivity index (χ1v) is 7.80. The minimum absolute atomic E-state index is 0.0309. The van der Waals surface area contributed by atoms with E-state index in [9.17, 15) is 4.79 Å². The Morgan fingerprint density at radius 1 is 1.04 bits per heavy atom. The van der Waals surface area contributed by atoms with Crippen molar-refractivity contribution in [1.82, 2.24) is 5.32 Å². The number of nitrogens with one attached hydrogen (secondary N) is 1. The molecule has 1 amide bonds. The van der Waals surface area contributed by atoms with Crippen molar-refractivity contribution in [2.24, 2.45) is 5.73 Å². The Morgan fingerprint density at radius 2 is 1.71 bits per heavy atom. The van der Waals surface area contributed by atoms with Crippen LogP contribution in [0.4, 0.5) is 0 Å². The van der Waals surface area contributed by atoms with Crippen LogP contribution in [0.3, 0.4) is 0 Å². The van der Waals surface area contributed by atoms with Gasteiger partial charge in [-0.25, -0.2) is 0 Å². The number of hydrogen-bond acceptors (Lipinski definition) is 4. The zero-order valence-corrected chi connectivity index (χ0v) is 14.3. The van der Waals surface area contributed by atoms with Gasteiger partial charge < -0.3 is 20.5 Å². The molecule has 0 fully saturated rings. The van der Waals surface area contributed by atoms with Gasteiger partial charge in [-0.2, -0.15) is 0 Å². The summed E-state index contributed by atoms with van der Waals surface area (Å²) in [6, 6.07) is 15.8. The van der Waals surface area contributed by atoms with Gasteiger partial charge in [-0.1, -0.05) is 36.4 Å². The summed E-state index contributed by atoms with van der Waals surface area (Å²) in [7, 11) is 3.22. The smallest absolute Gasteiger partial charge is 0.233 e. The maximum absolute atomic E-state index is 11.7. The molecule has 2 aromatic rings. The van der Waals surface area contributed by atoms with Gasteiger partial charge in [-0.15, -0.1) is 0 Å². The van der Waals surface area contributed by atoms with Gasteiger partial charge in [0.05, 0.1) is 20.8 Å². The van der Waals surface area contributed by atoms with Crippen molar-refractivity contribution in [3.63, 3.8) is 0 Å². The lowest BCUT2D eigenvalue weighted by molar-refractivity contribution is -0.119. The average molecular weight is 328 g/mol. The molecule has 0 radical (unpaired) electrons. The molecule has 0 spiro atoms. The summed E-state index contributed by atoms with van der Waals surface area (Å²) in [6.45, 7) is 2.49. The quantitative estimate of drug-likeness (QED) is 0.816. The van der Waals surface area contributed by atoms with Gasteiger partial charge in [-0.3, -0.25) is 4.79 Å². The number of nitrogens with two attached hydrogens (primary N) is 1. The molecule has 2 aromatic carbocycles. The number of carbonyl (C=O) groups is 1. The zero-order valence-electron chi connectivity index (χ0n) is 14.3. The van der Waals surface area contributed by atoms with E-state index in [0.29, 0.717) is 18.0 Å². The third kappa shape index (κ3) is 3.68. The maximum atomic E-state index is 11.7. The number of benzene rings is 2. The van der Waals surface area contributed by atoms with Crippen molar-refractivity contribution in [3.05, 3.63) is 59.7 Å². The fourth-order valence-electron chi connectivity index (χ4n) is 2.70. The largest absolute Gasteiger partial charge is 0.493 e. The predicted octanol–water partition coefficient (Wildman–Crippen LogP) is 2.08. The Labute approximate surface area is 142 Å². The normalized spacial score (nSPS) is 13.0. The molecule has 128 valence electrons. The van der Waals surface area contributed by atoms with Gasteiger partial charge in [0.15, 0.2) is 11.5 Å². The van der Waals surface area contributed by atoms with E-state index in [0.717, 1.165) is 11.1 Å². The van der Waals surface area contributed by atoms with Gasteiger partial charge in [0, 0.05) is 12.0 Å². The van der Waals surface area contributed by atoms with Crippen LogP contribution >= 0.6 is 0 Å². The lowest BCUT2D eigenvalue weighted by Gasteiger charge is -2.31. The van der Waals surface area contributed by atoms with Crippen molar-refractivity contribution in [3.8, 4) is 11.5 Å². The summed E-state index contributed by atoms with van der Waals surface area (Å²) in [5, 5.41) is 2.90. The predicted molar refractivity (Wildman–Crippen MR) is 94.5 cm³/mol. The molecule has 1 unspecified atom stereocenters. The topological polar surface area (TPSA) is 73.6 Å². The van der Waals surface area contributed by atoms with Crippen molar-refractivity contribution in [2.75, 3.05) is 27.3 Å². The van der Waals surface area contributed by atoms with Crippen LogP contribution in [0.25, 0.3) is 0 Å². The molecular weight excluding hydrogens is 304 g/mol. The molecule has 0 bridgehead atoms. The molecular formula is C19H24N2O3. The first-order chi connectivity index (χ1) is 11.5. The summed E-state index contributed by atoms with van der Waals surface area (Å²) in [6.07, 6.45) is 0. The molecule has 0 aromatic heterocycles. The molecule has 5 nitrogen and oxygen atoms in total. The summed E-state index contributed by atoms with van der Waals surface area (Å²) in [5.41, 5.74) is 7.10. The lowest BCUT2D eigenvalue weighted by atomic mass is 9.76. The van der Waals surface area contributed by atoms with Crippen LogP contribution < -0.4 is 20.5 Å². The Kier molecular flexibility index (Phi) is 5.82. The standard InChI is InChI=1S/C19H24N2O3/c1-19(13-21-18(22)12-20,14-7-5-4-6-8-14)15-9-10-16(23-2)17(11-15)24-3/h4-11H,12-13,20H2,1-3H3,(H,21,22). The second-order valence-corrected chi connectivity index (χ2v) is 5.75. The van der Waals surface area contributed by atoms with E-state index >= 15 is 0 Å². The van der Waals surface area contributed by atoms with E-state index in [1.54, 1.807) is 14.2 Å². The van der Waals surface area contributed by atoms with Crippen molar-refractivity contribution < 1.29 is 14.3 Å². The Bertz CT molecular complexity index is 688. The van der Waals surface area contributed by atoms with Gasteiger partial charge in [-0.05, 0) is 30.2 Å². The molecule has 0 aliphatic carbocycles. The molecule has 2 rings (SSSR count). The van der Waals surface area contributed by atoms with Gasteiger partial charge in [0.2, 0.25) is 5.91 Å². The molecule has 0 saturated carbocycles. The third-order valence-corrected chi connectivity index (χ3v) is 4.26. The molecule has 0 aliphatic heterocycles. The van der Waals surface area contributed by atoms with Gasteiger partial charge in [0.25, 0.3) is 0 Å². The van der Waals surface area contributed by atoms with E-state index in [2.05, 4.69) is 12.2 Å². The van der Waals surface area contributed by atoms with Gasteiger partial charge in [0.1, 0.15) is 0 Å². The fourth-order valence-corrected chi connectivity index (χ4v) is 2.70. The highest BCUT2D eigenvalue weighted by molar-refractivity contribution is 5.78. The van der Waals surface area contributed by atoms with Crippen LogP contribution in [0.5, 0.6) is 11.5 Å². The minimum Gasteiger partial charge on any atom is -0.493 e. The zero-order chi connectivity index (χ0) is 17.6. The van der Waals surface area contributed by atoms with Crippen LogP contribution in [0.1, 0.15) is 18.1 Å².